The minimum absolute atomic E-state index is 0.167. The van der Waals surface area contributed by atoms with Crippen molar-refractivity contribution in [2.45, 2.75) is 25.3 Å². The summed E-state index contributed by atoms with van der Waals surface area (Å²) in [5.41, 5.74) is 0.764. The van der Waals surface area contributed by atoms with Crippen LogP contribution in [-0.4, -0.2) is 38.5 Å². The molecule has 2 N–H and O–H groups in total. The number of nitrogens with one attached hydrogen (secondary N) is 1. The van der Waals surface area contributed by atoms with Gasteiger partial charge in [-0.05, 0) is 49.9 Å². The predicted molar refractivity (Wildman–Crippen MR) is 75.8 cm³/mol. The maximum atomic E-state index is 12.1. The summed E-state index contributed by atoms with van der Waals surface area (Å²) in [5.74, 6) is -1.29. The minimum atomic E-state index is -1.01. The smallest absolute Gasteiger partial charge is 0.335 e. The molecule has 1 aromatic carbocycles. The van der Waals surface area contributed by atoms with Crippen LogP contribution in [0, 0.1) is 0 Å². The predicted octanol–water partition coefficient (Wildman–Crippen LogP) is 2.23. The molecule has 1 heterocycles. The van der Waals surface area contributed by atoms with E-state index in [9.17, 15) is 14.4 Å². The Hall–Kier alpha value is -2.02. The zero-order valence-electron chi connectivity index (χ0n) is 11.0. The summed E-state index contributed by atoms with van der Waals surface area (Å²) in [6, 6.07) is 5.84. The normalized spacial score (nSPS) is 18.8. The van der Waals surface area contributed by atoms with Gasteiger partial charge in [0.05, 0.1) is 5.56 Å². The first-order chi connectivity index (χ1) is 9.40. The van der Waals surface area contributed by atoms with Gasteiger partial charge < -0.3 is 10.4 Å². The molecule has 1 aliphatic heterocycles. The van der Waals surface area contributed by atoms with E-state index >= 15 is 0 Å². The molecular formula is C13H14N2O4S. The molecule has 2 amide bonds. The van der Waals surface area contributed by atoms with E-state index in [1.165, 1.54) is 17.0 Å². The summed E-state index contributed by atoms with van der Waals surface area (Å²) < 4.78 is 0. The van der Waals surface area contributed by atoms with Crippen LogP contribution in [0.2, 0.25) is 0 Å². The molecular weight excluding hydrogens is 280 g/mol. The fraction of sp³-hybridized carbons (Fsp3) is 0.308. The van der Waals surface area contributed by atoms with Gasteiger partial charge in [-0.3, -0.25) is 14.5 Å². The van der Waals surface area contributed by atoms with E-state index in [4.69, 9.17) is 5.11 Å². The molecule has 1 fully saturated rings. The Bertz CT molecular complexity index is 556. The first-order valence-corrected chi connectivity index (χ1v) is 6.91. The Morgan fingerprint density at radius 3 is 2.35 bits per heavy atom. The van der Waals surface area contributed by atoms with Gasteiger partial charge in [-0.25, -0.2) is 4.79 Å². The number of aromatic carboxylic acids is 1. The van der Waals surface area contributed by atoms with Gasteiger partial charge in [0.1, 0.15) is 0 Å². The molecule has 7 heteroatoms. The van der Waals surface area contributed by atoms with Gasteiger partial charge in [0.15, 0.2) is 5.37 Å². The molecule has 1 aliphatic rings. The lowest BCUT2D eigenvalue weighted by atomic mass is 10.2. The van der Waals surface area contributed by atoms with E-state index in [1.807, 2.05) is 0 Å². The van der Waals surface area contributed by atoms with Crippen LogP contribution in [0.25, 0.3) is 0 Å². The first-order valence-electron chi connectivity index (χ1n) is 6.03. The maximum absolute atomic E-state index is 12.1. The second-order valence-corrected chi connectivity index (χ2v) is 5.65. The largest absolute Gasteiger partial charge is 0.478 e. The van der Waals surface area contributed by atoms with Crippen LogP contribution in [0.1, 0.15) is 24.2 Å². The fourth-order valence-electron chi connectivity index (χ4n) is 1.84. The number of imide groups is 1. The minimum Gasteiger partial charge on any atom is -0.478 e. The molecule has 0 aliphatic carbocycles. The van der Waals surface area contributed by atoms with Crippen molar-refractivity contribution in [2.24, 2.45) is 0 Å². The third kappa shape index (κ3) is 2.77. The lowest BCUT2D eigenvalue weighted by Crippen LogP contribution is -2.38. The number of rotatable bonds is 4. The zero-order valence-corrected chi connectivity index (χ0v) is 11.8. The average Bonchev–Trinajstić information content (AvgIpc) is 2.65. The van der Waals surface area contributed by atoms with Gasteiger partial charge in [0, 0.05) is 11.7 Å². The summed E-state index contributed by atoms with van der Waals surface area (Å²) in [5, 5.41) is 10.8. The summed E-state index contributed by atoms with van der Waals surface area (Å²) in [4.78, 5) is 35.7. The average molecular weight is 294 g/mol. The van der Waals surface area contributed by atoms with Crippen LogP contribution in [0.5, 0.6) is 0 Å². The Morgan fingerprint density at radius 1 is 1.30 bits per heavy atom. The number of nitrogens with zero attached hydrogens (tertiary/aromatic N) is 1. The van der Waals surface area contributed by atoms with Crippen molar-refractivity contribution in [3.63, 3.8) is 0 Å². The van der Waals surface area contributed by atoms with Gasteiger partial charge in [-0.15, -0.1) is 0 Å². The van der Waals surface area contributed by atoms with Crippen LogP contribution >= 0.6 is 11.8 Å². The quantitative estimate of drug-likeness (QED) is 0.885. The number of anilines is 1. The third-order valence-corrected chi connectivity index (χ3v) is 3.78. The fourth-order valence-corrected chi connectivity index (χ4v) is 2.87. The number of amides is 2. The summed E-state index contributed by atoms with van der Waals surface area (Å²) >= 11 is 0.925. The first kappa shape index (κ1) is 14.4. The second-order valence-electron chi connectivity index (χ2n) is 4.59. The van der Waals surface area contributed by atoms with Gasteiger partial charge in [-0.2, -0.15) is 0 Å². The highest BCUT2D eigenvalue weighted by atomic mass is 32.2. The number of thioether (sulfide) groups is 1. The molecule has 0 bridgehead atoms. The van der Waals surface area contributed by atoms with Gasteiger partial charge in [-0.1, -0.05) is 0 Å². The molecule has 106 valence electrons. The molecule has 2 rings (SSSR count). The highest BCUT2D eigenvalue weighted by molar-refractivity contribution is 8.15. The molecule has 0 aromatic heterocycles. The summed E-state index contributed by atoms with van der Waals surface area (Å²) in [7, 11) is 0. The lowest BCUT2D eigenvalue weighted by Gasteiger charge is -2.18. The third-order valence-electron chi connectivity index (χ3n) is 2.82. The van der Waals surface area contributed by atoms with Crippen molar-refractivity contribution in [3.8, 4) is 0 Å². The van der Waals surface area contributed by atoms with Crippen molar-refractivity contribution in [2.75, 3.05) is 5.32 Å². The monoisotopic (exact) mass is 294 g/mol. The molecule has 0 unspecified atom stereocenters. The van der Waals surface area contributed by atoms with Crippen molar-refractivity contribution in [1.29, 1.82) is 0 Å². The van der Waals surface area contributed by atoms with Gasteiger partial charge >= 0.3 is 5.97 Å². The number of carbonyl (C=O) groups is 3. The Labute approximate surface area is 120 Å². The summed E-state index contributed by atoms with van der Waals surface area (Å²) in [6.45, 7) is 3.56. The van der Waals surface area contributed by atoms with E-state index in [0.717, 1.165) is 11.8 Å². The number of benzene rings is 1. The van der Waals surface area contributed by atoms with Gasteiger partial charge in [0.25, 0.3) is 11.1 Å². The van der Waals surface area contributed by atoms with Gasteiger partial charge in [0.2, 0.25) is 0 Å². The van der Waals surface area contributed by atoms with E-state index in [0.29, 0.717) is 5.69 Å². The molecule has 0 radical (unpaired) electrons. The van der Waals surface area contributed by atoms with Crippen molar-refractivity contribution < 1.29 is 19.5 Å². The standard InChI is InChI=1S/C13H14N2O4S/c1-7(2)15-11(16)10(20-13(15)19)14-9-5-3-8(4-6-9)12(17)18/h3-7,10,14H,1-2H3,(H,17,18)/t10-/m0/s1. The maximum Gasteiger partial charge on any atom is 0.335 e. The Balaban J connectivity index is 2.09. The van der Waals surface area contributed by atoms with Crippen LogP contribution in [0.3, 0.4) is 0 Å². The van der Waals surface area contributed by atoms with E-state index in [1.54, 1.807) is 26.0 Å². The molecule has 1 saturated heterocycles. The second kappa shape index (κ2) is 5.54. The number of carbonyl (C=O) groups excluding carboxylic acids is 2. The van der Waals surface area contributed by atoms with Crippen molar-refractivity contribution in [3.05, 3.63) is 29.8 Å². The van der Waals surface area contributed by atoms with Crippen LogP contribution in [-0.2, 0) is 4.79 Å². The number of hydrogen-bond donors (Lipinski definition) is 2. The Kier molecular flexibility index (Phi) is 3.99. The molecule has 20 heavy (non-hydrogen) atoms. The van der Waals surface area contributed by atoms with E-state index < -0.39 is 11.3 Å². The lowest BCUT2D eigenvalue weighted by molar-refractivity contribution is -0.127. The van der Waals surface area contributed by atoms with E-state index in [2.05, 4.69) is 5.32 Å². The molecule has 6 nitrogen and oxygen atoms in total. The topological polar surface area (TPSA) is 86.7 Å². The molecule has 1 atom stereocenters. The van der Waals surface area contributed by atoms with Crippen LogP contribution in [0.4, 0.5) is 10.5 Å². The summed E-state index contributed by atoms with van der Waals surface area (Å²) in [6.07, 6.45) is 0. The highest BCUT2D eigenvalue weighted by Gasteiger charge is 2.40. The number of hydrogen-bond acceptors (Lipinski definition) is 5. The van der Waals surface area contributed by atoms with Crippen molar-refractivity contribution in [1.82, 2.24) is 4.90 Å². The SMILES string of the molecule is CC(C)N1C(=O)S[C@H](Nc2ccc(C(=O)O)cc2)C1=O. The van der Waals surface area contributed by atoms with Crippen LogP contribution in [0.15, 0.2) is 24.3 Å². The van der Waals surface area contributed by atoms with Crippen molar-refractivity contribution >= 4 is 34.6 Å². The van der Waals surface area contributed by atoms with E-state index in [-0.39, 0.29) is 22.8 Å². The molecule has 0 saturated carbocycles. The number of carboxylic acids is 1. The number of carboxylic acid groups (broad SMARTS) is 1. The molecule has 0 spiro atoms. The van der Waals surface area contributed by atoms with Crippen LogP contribution < -0.4 is 5.32 Å². The Morgan fingerprint density at radius 2 is 1.90 bits per heavy atom. The molecule has 1 aromatic rings. The zero-order chi connectivity index (χ0) is 14.9. The highest BCUT2D eigenvalue weighted by Crippen LogP contribution is 2.29.